The first kappa shape index (κ1) is 18.3. The summed E-state index contributed by atoms with van der Waals surface area (Å²) in [6.45, 7) is 1.70. The monoisotopic (exact) mass is 326 g/mol. The number of ether oxygens (including phenoxy) is 2. The largest absolute Gasteiger partial charge is 0.462 e. The maximum atomic E-state index is 13.1. The van der Waals surface area contributed by atoms with Crippen LogP contribution in [-0.2, 0) is 9.47 Å². The molecular weight excluding hydrogens is 311 g/mol. The van der Waals surface area contributed by atoms with E-state index in [0.717, 1.165) is 7.11 Å². The summed E-state index contributed by atoms with van der Waals surface area (Å²) < 4.78 is 72.6. The van der Waals surface area contributed by atoms with E-state index in [1.807, 2.05) is 0 Å². The van der Waals surface area contributed by atoms with E-state index in [-0.39, 0.29) is 17.7 Å². The fraction of sp³-hybridized carbons (Fsp3) is 0.500. The minimum atomic E-state index is -5.66. The maximum Gasteiger partial charge on any atom is 0.453 e. The van der Waals surface area contributed by atoms with Crippen LogP contribution in [0.5, 0.6) is 0 Å². The summed E-state index contributed by atoms with van der Waals surface area (Å²) in [6, 6.07) is 5.22. The Morgan fingerprint density at radius 2 is 1.86 bits per heavy atom. The predicted octanol–water partition coefficient (Wildman–Crippen LogP) is 4.14. The number of carbonyl (C=O) groups is 1. The van der Waals surface area contributed by atoms with E-state index in [2.05, 4.69) is 0 Å². The average Bonchev–Trinajstić information content (AvgIpc) is 2.44. The van der Waals surface area contributed by atoms with Gasteiger partial charge in [-0.05, 0) is 24.6 Å². The van der Waals surface area contributed by atoms with Gasteiger partial charge in [0.15, 0.2) is 0 Å². The van der Waals surface area contributed by atoms with Crippen LogP contribution in [-0.4, -0.2) is 31.8 Å². The molecule has 0 radical (unpaired) electrons. The lowest BCUT2D eigenvalue weighted by Crippen LogP contribution is -2.38. The van der Waals surface area contributed by atoms with Crippen LogP contribution in [0, 0.1) is 0 Å². The molecule has 8 heteroatoms. The van der Waals surface area contributed by atoms with E-state index in [9.17, 15) is 26.7 Å². The summed E-state index contributed by atoms with van der Waals surface area (Å²) in [6.07, 6.45) is -8.74. The van der Waals surface area contributed by atoms with E-state index in [4.69, 9.17) is 9.47 Å². The van der Waals surface area contributed by atoms with Gasteiger partial charge in [0.2, 0.25) is 0 Å². The van der Waals surface area contributed by atoms with Crippen molar-refractivity contribution in [1.82, 2.24) is 0 Å². The molecule has 0 aromatic heterocycles. The molecule has 0 spiro atoms. The number of carbonyl (C=O) groups excluding carboxylic acids is 1. The van der Waals surface area contributed by atoms with Crippen molar-refractivity contribution in [3.05, 3.63) is 35.4 Å². The first-order valence-corrected chi connectivity index (χ1v) is 6.36. The van der Waals surface area contributed by atoms with Gasteiger partial charge in [-0.3, -0.25) is 0 Å². The molecule has 0 amide bonds. The van der Waals surface area contributed by atoms with Gasteiger partial charge in [0, 0.05) is 7.11 Å². The summed E-state index contributed by atoms with van der Waals surface area (Å²) >= 11 is 0. The van der Waals surface area contributed by atoms with Crippen molar-refractivity contribution in [2.45, 2.75) is 31.5 Å². The number of methoxy groups -OCH3 is 1. The third kappa shape index (κ3) is 4.40. The molecule has 0 fully saturated rings. The molecule has 0 saturated heterocycles. The SMILES string of the molecule is CCOC(=O)c1cccc(C(CC(F)(F)C(F)(F)F)OC)c1. The molecule has 1 atom stereocenters. The van der Waals surface area contributed by atoms with E-state index in [1.54, 1.807) is 6.92 Å². The van der Waals surface area contributed by atoms with Gasteiger partial charge in [-0.25, -0.2) is 4.79 Å². The first-order valence-electron chi connectivity index (χ1n) is 6.36. The minimum Gasteiger partial charge on any atom is -0.462 e. The van der Waals surface area contributed by atoms with Crippen LogP contribution in [0.25, 0.3) is 0 Å². The molecular formula is C14H15F5O3. The normalized spacial score (nSPS) is 13.8. The summed E-state index contributed by atoms with van der Waals surface area (Å²) in [5.74, 6) is -5.59. The summed E-state index contributed by atoms with van der Waals surface area (Å²) in [5.41, 5.74) is 0.0914. The van der Waals surface area contributed by atoms with Crippen LogP contribution in [0.1, 0.15) is 35.4 Å². The lowest BCUT2D eigenvalue weighted by molar-refractivity contribution is -0.291. The lowest BCUT2D eigenvalue weighted by atomic mass is 10.0. The van der Waals surface area contributed by atoms with Crippen LogP contribution in [0.4, 0.5) is 22.0 Å². The maximum absolute atomic E-state index is 13.1. The van der Waals surface area contributed by atoms with Crippen LogP contribution < -0.4 is 0 Å². The standard InChI is InChI=1S/C14H15F5O3/c1-3-22-12(20)10-6-4-5-9(7-10)11(21-2)8-13(15,16)14(17,18)19/h4-7,11H,3,8H2,1-2H3. The van der Waals surface area contributed by atoms with E-state index < -0.39 is 30.6 Å². The van der Waals surface area contributed by atoms with Gasteiger partial charge in [0.25, 0.3) is 0 Å². The highest BCUT2D eigenvalue weighted by molar-refractivity contribution is 5.89. The van der Waals surface area contributed by atoms with Crippen LogP contribution in [0.3, 0.4) is 0 Å². The van der Waals surface area contributed by atoms with Crippen molar-refractivity contribution in [2.24, 2.45) is 0 Å². The van der Waals surface area contributed by atoms with Gasteiger partial charge in [0.1, 0.15) is 0 Å². The molecule has 3 nitrogen and oxygen atoms in total. The molecule has 1 rings (SSSR count). The zero-order chi connectivity index (χ0) is 17.0. The quantitative estimate of drug-likeness (QED) is 0.582. The van der Waals surface area contributed by atoms with Crippen molar-refractivity contribution in [3.8, 4) is 0 Å². The highest BCUT2D eigenvalue weighted by atomic mass is 19.4. The molecule has 0 heterocycles. The van der Waals surface area contributed by atoms with Gasteiger partial charge < -0.3 is 9.47 Å². The Bertz CT molecular complexity index is 513. The number of alkyl halides is 5. The molecule has 22 heavy (non-hydrogen) atoms. The second kappa shape index (κ2) is 7.04. The Morgan fingerprint density at radius 1 is 1.23 bits per heavy atom. The third-order valence-electron chi connectivity index (χ3n) is 2.91. The van der Waals surface area contributed by atoms with Gasteiger partial charge >= 0.3 is 18.1 Å². The predicted molar refractivity (Wildman–Crippen MR) is 67.8 cm³/mol. The molecule has 124 valence electrons. The smallest absolute Gasteiger partial charge is 0.453 e. The van der Waals surface area contributed by atoms with Crippen molar-refractivity contribution in [1.29, 1.82) is 0 Å². The summed E-state index contributed by atoms with van der Waals surface area (Å²) in [4.78, 5) is 11.6. The van der Waals surface area contributed by atoms with Crippen LogP contribution >= 0.6 is 0 Å². The Balaban J connectivity index is 3.01. The Hall–Kier alpha value is -1.70. The Kier molecular flexibility index (Phi) is 5.87. The molecule has 0 aliphatic carbocycles. The van der Waals surface area contributed by atoms with Crippen molar-refractivity contribution in [2.75, 3.05) is 13.7 Å². The molecule has 0 bridgehead atoms. The lowest BCUT2D eigenvalue weighted by Gasteiger charge is -2.24. The number of rotatable bonds is 6. The summed E-state index contributed by atoms with van der Waals surface area (Å²) in [5, 5.41) is 0. The molecule has 0 aliphatic heterocycles. The number of hydrogen-bond acceptors (Lipinski definition) is 3. The Morgan fingerprint density at radius 3 is 2.36 bits per heavy atom. The second-order valence-corrected chi connectivity index (χ2v) is 4.48. The highest BCUT2D eigenvalue weighted by Crippen LogP contribution is 2.42. The van der Waals surface area contributed by atoms with E-state index >= 15 is 0 Å². The van der Waals surface area contributed by atoms with Crippen LogP contribution in [0.2, 0.25) is 0 Å². The number of esters is 1. The van der Waals surface area contributed by atoms with Crippen molar-refractivity contribution in [3.63, 3.8) is 0 Å². The van der Waals surface area contributed by atoms with E-state index in [1.165, 1.54) is 24.3 Å². The Labute approximate surface area is 124 Å². The number of hydrogen-bond donors (Lipinski definition) is 0. The molecule has 0 N–H and O–H groups in total. The van der Waals surface area contributed by atoms with Gasteiger partial charge in [-0.2, -0.15) is 22.0 Å². The topological polar surface area (TPSA) is 35.5 Å². The molecule has 0 aliphatic rings. The summed E-state index contributed by atoms with van der Waals surface area (Å²) in [7, 11) is 1.02. The van der Waals surface area contributed by atoms with Gasteiger partial charge in [-0.1, -0.05) is 12.1 Å². The number of benzene rings is 1. The molecule has 0 saturated carbocycles. The van der Waals surface area contributed by atoms with Crippen molar-refractivity contribution < 1.29 is 36.2 Å². The molecule has 1 aromatic rings. The van der Waals surface area contributed by atoms with Gasteiger partial charge in [-0.15, -0.1) is 0 Å². The molecule has 1 aromatic carbocycles. The fourth-order valence-corrected chi connectivity index (χ4v) is 1.77. The third-order valence-corrected chi connectivity index (χ3v) is 2.91. The minimum absolute atomic E-state index is 0.0389. The second-order valence-electron chi connectivity index (χ2n) is 4.48. The highest BCUT2D eigenvalue weighted by Gasteiger charge is 2.58. The average molecular weight is 326 g/mol. The number of halogens is 5. The van der Waals surface area contributed by atoms with Gasteiger partial charge in [0.05, 0.1) is 24.7 Å². The fourth-order valence-electron chi connectivity index (χ4n) is 1.77. The van der Waals surface area contributed by atoms with Crippen LogP contribution in [0.15, 0.2) is 24.3 Å². The molecule has 1 unspecified atom stereocenters. The first-order chi connectivity index (χ1) is 10.1. The van der Waals surface area contributed by atoms with E-state index in [0.29, 0.717) is 0 Å². The zero-order valence-corrected chi connectivity index (χ0v) is 11.9. The van der Waals surface area contributed by atoms with Crippen molar-refractivity contribution >= 4 is 5.97 Å². The zero-order valence-electron chi connectivity index (χ0n) is 11.9.